The molecule has 2 aromatic rings. The first-order chi connectivity index (χ1) is 13.5. The average molecular weight is 384 g/mol. The van der Waals surface area contributed by atoms with Crippen LogP contribution in [-0.2, 0) is 16.0 Å². The molecule has 0 bridgehead atoms. The van der Waals surface area contributed by atoms with E-state index in [0.717, 1.165) is 24.2 Å². The van der Waals surface area contributed by atoms with Gasteiger partial charge < -0.3 is 10.2 Å². The van der Waals surface area contributed by atoms with Crippen molar-refractivity contribution in [2.75, 3.05) is 16.8 Å². The number of fused-ring (bicyclic) bond motifs is 1. The molecule has 1 fully saturated rings. The summed E-state index contributed by atoms with van der Waals surface area (Å²) in [5, 5.41) is 2.65. The van der Waals surface area contributed by atoms with E-state index in [1.165, 1.54) is 11.6 Å². The molecule has 2 aromatic carbocycles. The van der Waals surface area contributed by atoms with E-state index in [2.05, 4.69) is 11.4 Å². The van der Waals surface area contributed by atoms with Gasteiger partial charge in [-0.15, -0.1) is 0 Å². The monoisotopic (exact) mass is 384 g/mol. The van der Waals surface area contributed by atoms with Gasteiger partial charge in [-0.25, -0.2) is 8.78 Å². The first kappa shape index (κ1) is 18.6. The molecule has 2 aliphatic rings. The summed E-state index contributed by atoms with van der Waals surface area (Å²) in [6.07, 6.45) is 3.43. The van der Waals surface area contributed by atoms with Crippen molar-refractivity contribution < 1.29 is 18.4 Å². The highest BCUT2D eigenvalue weighted by Crippen LogP contribution is 2.35. The van der Waals surface area contributed by atoms with Crippen molar-refractivity contribution in [3.63, 3.8) is 0 Å². The first-order valence-electron chi connectivity index (χ1n) is 9.68. The Labute approximate surface area is 162 Å². The number of carbonyl (C=O) groups excluding carboxylic acids is 2. The maximum atomic E-state index is 13.3. The molecule has 4 rings (SSSR count). The van der Waals surface area contributed by atoms with E-state index in [1.807, 2.05) is 23.1 Å². The fraction of sp³-hybridized carbons (Fsp3) is 0.364. The van der Waals surface area contributed by atoms with Crippen molar-refractivity contribution in [2.24, 2.45) is 11.8 Å². The number of nitrogens with zero attached hydrogens (tertiary/aromatic N) is 1. The maximum absolute atomic E-state index is 13.3. The molecule has 1 saturated carbocycles. The normalized spacial score (nSPS) is 21.3. The summed E-state index contributed by atoms with van der Waals surface area (Å²) < 4.78 is 26.3. The number of anilines is 2. The molecule has 0 radical (unpaired) electrons. The highest BCUT2D eigenvalue weighted by Gasteiger charge is 2.34. The summed E-state index contributed by atoms with van der Waals surface area (Å²) in [6, 6.07) is 11.3. The molecule has 0 spiro atoms. The molecule has 1 aliphatic heterocycles. The molecule has 146 valence electrons. The quantitative estimate of drug-likeness (QED) is 0.858. The van der Waals surface area contributed by atoms with Crippen molar-refractivity contribution in [3.05, 3.63) is 59.7 Å². The predicted octanol–water partition coefficient (Wildman–Crippen LogP) is 4.30. The summed E-state index contributed by atoms with van der Waals surface area (Å²) in [7, 11) is 0. The maximum Gasteiger partial charge on any atom is 0.230 e. The third-order valence-corrected chi connectivity index (χ3v) is 5.79. The minimum atomic E-state index is -0.988. The van der Waals surface area contributed by atoms with Crippen molar-refractivity contribution in [2.45, 2.75) is 32.1 Å². The van der Waals surface area contributed by atoms with E-state index >= 15 is 0 Å². The second-order valence-electron chi connectivity index (χ2n) is 7.54. The highest BCUT2D eigenvalue weighted by molar-refractivity contribution is 5.97. The molecule has 1 aliphatic carbocycles. The van der Waals surface area contributed by atoms with Gasteiger partial charge >= 0.3 is 0 Å². The number of rotatable bonds is 3. The lowest BCUT2D eigenvalue weighted by atomic mass is 9.81. The Kier molecular flexibility index (Phi) is 5.11. The molecule has 0 atom stereocenters. The third-order valence-electron chi connectivity index (χ3n) is 5.79. The number of benzene rings is 2. The van der Waals surface area contributed by atoms with E-state index in [1.54, 1.807) is 0 Å². The second kappa shape index (κ2) is 7.70. The van der Waals surface area contributed by atoms with Crippen LogP contribution in [0.2, 0.25) is 0 Å². The topological polar surface area (TPSA) is 49.4 Å². The summed E-state index contributed by atoms with van der Waals surface area (Å²) in [4.78, 5) is 27.3. The van der Waals surface area contributed by atoms with Crippen LogP contribution in [0.4, 0.5) is 20.2 Å². The number of para-hydroxylation sites is 1. The lowest BCUT2D eigenvalue weighted by molar-refractivity contribution is -0.126. The number of amides is 2. The Balaban J connectivity index is 1.33. The Hall–Kier alpha value is -2.76. The van der Waals surface area contributed by atoms with Crippen molar-refractivity contribution >= 4 is 23.2 Å². The van der Waals surface area contributed by atoms with Crippen molar-refractivity contribution in [3.8, 4) is 0 Å². The molecule has 4 nitrogen and oxygen atoms in total. The Morgan fingerprint density at radius 3 is 2.39 bits per heavy atom. The van der Waals surface area contributed by atoms with Gasteiger partial charge in [-0.1, -0.05) is 18.2 Å². The SMILES string of the molecule is O=C(Nc1ccc(F)c(F)c1)C1CCC(C(=O)N2CCc3ccccc32)CC1. The van der Waals surface area contributed by atoms with E-state index in [-0.39, 0.29) is 29.3 Å². The van der Waals surface area contributed by atoms with E-state index in [4.69, 9.17) is 0 Å². The van der Waals surface area contributed by atoms with Gasteiger partial charge in [0.25, 0.3) is 0 Å². The molecule has 0 aromatic heterocycles. The first-order valence-corrected chi connectivity index (χ1v) is 9.68. The largest absolute Gasteiger partial charge is 0.326 e. The molecule has 0 saturated heterocycles. The molecule has 2 amide bonds. The number of hydrogen-bond acceptors (Lipinski definition) is 2. The van der Waals surface area contributed by atoms with Gasteiger partial charge in [0.15, 0.2) is 11.6 Å². The second-order valence-corrected chi connectivity index (χ2v) is 7.54. The summed E-state index contributed by atoms with van der Waals surface area (Å²) >= 11 is 0. The fourth-order valence-corrected chi connectivity index (χ4v) is 4.21. The highest BCUT2D eigenvalue weighted by atomic mass is 19.2. The third kappa shape index (κ3) is 3.63. The van der Waals surface area contributed by atoms with E-state index < -0.39 is 11.6 Å². The number of nitrogens with one attached hydrogen (secondary N) is 1. The van der Waals surface area contributed by atoms with Crippen molar-refractivity contribution in [1.29, 1.82) is 0 Å². The van der Waals surface area contributed by atoms with Crippen LogP contribution in [0.15, 0.2) is 42.5 Å². The molecule has 0 unspecified atom stereocenters. The molecular weight excluding hydrogens is 362 g/mol. The minimum absolute atomic E-state index is 0.0709. The van der Waals surface area contributed by atoms with Gasteiger partial charge in [0.05, 0.1) is 0 Å². The molecule has 1 heterocycles. The zero-order valence-corrected chi connectivity index (χ0v) is 15.5. The lowest BCUT2D eigenvalue weighted by Gasteiger charge is -2.30. The molecule has 6 heteroatoms. The van der Waals surface area contributed by atoms with Crippen LogP contribution in [0, 0.1) is 23.5 Å². The van der Waals surface area contributed by atoms with Crippen LogP contribution in [0.3, 0.4) is 0 Å². The van der Waals surface area contributed by atoms with Crippen molar-refractivity contribution in [1.82, 2.24) is 0 Å². The van der Waals surface area contributed by atoms with Crippen LogP contribution < -0.4 is 10.2 Å². The van der Waals surface area contributed by atoms with E-state index in [9.17, 15) is 18.4 Å². The van der Waals surface area contributed by atoms with Gasteiger partial charge in [0.2, 0.25) is 11.8 Å². The van der Waals surface area contributed by atoms with Gasteiger partial charge in [0.1, 0.15) is 0 Å². The minimum Gasteiger partial charge on any atom is -0.326 e. The summed E-state index contributed by atoms with van der Waals surface area (Å²) in [5.74, 6) is -2.28. The van der Waals surface area contributed by atoms with Gasteiger partial charge in [-0.05, 0) is 55.9 Å². The predicted molar refractivity (Wildman–Crippen MR) is 103 cm³/mol. The average Bonchev–Trinajstić information content (AvgIpc) is 3.14. The summed E-state index contributed by atoms with van der Waals surface area (Å²) in [6.45, 7) is 0.717. The van der Waals surface area contributed by atoms with Gasteiger partial charge in [0, 0.05) is 35.8 Å². The Bertz CT molecular complexity index is 907. The van der Waals surface area contributed by atoms with Crippen LogP contribution in [0.5, 0.6) is 0 Å². The van der Waals surface area contributed by atoms with Gasteiger partial charge in [-0.3, -0.25) is 9.59 Å². The lowest BCUT2D eigenvalue weighted by Crippen LogP contribution is -2.38. The van der Waals surface area contributed by atoms with Crippen LogP contribution in [0.1, 0.15) is 31.2 Å². The number of carbonyl (C=O) groups is 2. The van der Waals surface area contributed by atoms with Crippen LogP contribution >= 0.6 is 0 Å². The van der Waals surface area contributed by atoms with E-state index in [0.29, 0.717) is 32.2 Å². The zero-order chi connectivity index (χ0) is 19.7. The Morgan fingerprint density at radius 2 is 1.64 bits per heavy atom. The molecule has 1 N–H and O–H groups in total. The standard InChI is InChI=1S/C22H22F2N2O2/c23-18-10-9-17(13-19(18)24)25-21(27)15-5-7-16(8-6-15)22(28)26-12-11-14-3-1-2-4-20(14)26/h1-4,9-10,13,15-16H,5-8,11-12H2,(H,25,27). The van der Waals surface area contributed by atoms with Crippen LogP contribution in [0.25, 0.3) is 0 Å². The Morgan fingerprint density at radius 1 is 0.929 bits per heavy atom. The molecule has 28 heavy (non-hydrogen) atoms. The number of halogens is 2. The fourth-order valence-electron chi connectivity index (χ4n) is 4.21. The van der Waals surface area contributed by atoms with Gasteiger partial charge in [-0.2, -0.15) is 0 Å². The summed E-state index contributed by atoms with van der Waals surface area (Å²) in [5.41, 5.74) is 2.46. The van der Waals surface area contributed by atoms with Crippen LogP contribution in [-0.4, -0.2) is 18.4 Å². The molecular formula is C22H22F2N2O2. The smallest absolute Gasteiger partial charge is 0.230 e. The zero-order valence-electron chi connectivity index (χ0n) is 15.5. The number of hydrogen-bond donors (Lipinski definition) is 1.